The van der Waals surface area contributed by atoms with Crippen LogP contribution in [-0.2, 0) is 5.41 Å². The van der Waals surface area contributed by atoms with Gasteiger partial charge in [0.15, 0.2) is 11.5 Å². The molecule has 30 heavy (non-hydrogen) atoms. The number of carbonyl (C=O) groups excluding carboxylic acids is 1. The zero-order chi connectivity index (χ0) is 21.3. The smallest absolute Gasteiger partial charge is 0.269 e. The van der Waals surface area contributed by atoms with Gasteiger partial charge in [-0.05, 0) is 47.4 Å². The van der Waals surface area contributed by atoms with Crippen molar-refractivity contribution in [3.05, 3.63) is 77.2 Å². The maximum atomic E-state index is 12.5. The van der Waals surface area contributed by atoms with Crippen molar-refractivity contribution in [2.45, 2.75) is 26.2 Å². The molecule has 152 valence electrons. The third-order valence-corrected chi connectivity index (χ3v) is 5.00. The van der Waals surface area contributed by atoms with Gasteiger partial charge in [0.1, 0.15) is 6.33 Å². The molecule has 0 radical (unpaired) electrons. The van der Waals surface area contributed by atoms with Gasteiger partial charge in [0, 0.05) is 10.6 Å². The molecule has 4 rings (SSSR count). The number of hydrazine groups is 1. The minimum absolute atomic E-state index is 0.0318. The van der Waals surface area contributed by atoms with E-state index in [9.17, 15) is 4.79 Å². The molecule has 0 saturated heterocycles. The minimum atomic E-state index is -0.257. The van der Waals surface area contributed by atoms with Gasteiger partial charge in [-0.2, -0.15) is 5.10 Å². The molecule has 0 spiro atoms. The van der Waals surface area contributed by atoms with Crippen LogP contribution in [0.4, 0.5) is 5.82 Å². The van der Waals surface area contributed by atoms with Gasteiger partial charge < -0.3 is 0 Å². The van der Waals surface area contributed by atoms with Crippen LogP contribution in [0.1, 0.15) is 36.7 Å². The standard InChI is InChI=1S/C22H21ClN6O/c1-22(2,3)15-6-4-14(5-7-15)21(30)28-27-19-18-12-26-29(20(18)25-13-24-19)17-10-8-16(23)9-11-17/h4-13H,1-3H3,(H,28,30)(H,24,25,27). The van der Waals surface area contributed by atoms with E-state index in [4.69, 9.17) is 11.6 Å². The van der Waals surface area contributed by atoms with Gasteiger partial charge >= 0.3 is 0 Å². The summed E-state index contributed by atoms with van der Waals surface area (Å²) in [5.74, 6) is 0.201. The number of aromatic nitrogens is 4. The molecule has 2 heterocycles. The molecule has 0 aliphatic heterocycles. The van der Waals surface area contributed by atoms with Crippen molar-refractivity contribution in [2.75, 3.05) is 5.43 Å². The van der Waals surface area contributed by atoms with Crippen LogP contribution in [-0.4, -0.2) is 25.7 Å². The lowest BCUT2D eigenvalue weighted by Crippen LogP contribution is -2.30. The average Bonchev–Trinajstić information content (AvgIpc) is 3.17. The summed E-state index contributed by atoms with van der Waals surface area (Å²) in [6, 6.07) is 14.8. The lowest BCUT2D eigenvalue weighted by Gasteiger charge is -2.19. The molecule has 2 N–H and O–H groups in total. The molecule has 0 atom stereocenters. The number of anilines is 1. The number of benzene rings is 2. The van der Waals surface area contributed by atoms with E-state index in [2.05, 4.69) is 46.7 Å². The Kier molecular flexibility index (Phi) is 5.13. The van der Waals surface area contributed by atoms with E-state index >= 15 is 0 Å². The second-order valence-corrected chi connectivity index (χ2v) is 8.34. The Hall–Kier alpha value is -3.45. The number of nitrogens with zero attached hydrogens (tertiary/aromatic N) is 4. The van der Waals surface area contributed by atoms with Crippen molar-refractivity contribution >= 4 is 34.4 Å². The molecule has 0 saturated carbocycles. The van der Waals surface area contributed by atoms with E-state index in [0.717, 1.165) is 5.69 Å². The van der Waals surface area contributed by atoms with Crippen LogP contribution in [0.3, 0.4) is 0 Å². The summed E-state index contributed by atoms with van der Waals surface area (Å²) in [5, 5.41) is 5.71. The van der Waals surface area contributed by atoms with Gasteiger partial charge in [0.05, 0.1) is 17.3 Å². The largest absolute Gasteiger partial charge is 0.281 e. The highest BCUT2D eigenvalue weighted by Gasteiger charge is 2.15. The highest BCUT2D eigenvalue weighted by molar-refractivity contribution is 6.30. The number of nitrogens with one attached hydrogen (secondary N) is 2. The third-order valence-electron chi connectivity index (χ3n) is 4.74. The molecule has 7 nitrogen and oxygen atoms in total. The fourth-order valence-electron chi connectivity index (χ4n) is 3.02. The molecule has 8 heteroatoms. The van der Waals surface area contributed by atoms with Crippen molar-refractivity contribution in [1.29, 1.82) is 0 Å². The number of hydrogen-bond acceptors (Lipinski definition) is 5. The first-order chi connectivity index (χ1) is 14.3. The zero-order valence-corrected chi connectivity index (χ0v) is 17.6. The average molecular weight is 421 g/mol. The Bertz CT molecular complexity index is 1190. The Morgan fingerprint density at radius 2 is 1.70 bits per heavy atom. The van der Waals surface area contributed by atoms with Gasteiger partial charge in [0.2, 0.25) is 0 Å². The molecular weight excluding hydrogens is 400 g/mol. The van der Waals surface area contributed by atoms with Crippen LogP contribution in [0, 0.1) is 0 Å². The first-order valence-corrected chi connectivity index (χ1v) is 9.82. The van der Waals surface area contributed by atoms with Crippen LogP contribution in [0.2, 0.25) is 5.02 Å². The summed E-state index contributed by atoms with van der Waals surface area (Å²) in [6.45, 7) is 6.40. The first-order valence-electron chi connectivity index (χ1n) is 9.44. The Balaban J connectivity index is 1.53. The van der Waals surface area contributed by atoms with Gasteiger partial charge in [-0.15, -0.1) is 0 Å². The molecule has 0 bridgehead atoms. The normalized spacial score (nSPS) is 11.5. The molecular formula is C22H21ClN6O. The Labute approximate surface area is 179 Å². The minimum Gasteiger partial charge on any atom is -0.281 e. The van der Waals surface area contributed by atoms with Gasteiger partial charge in [-0.25, -0.2) is 14.6 Å². The highest BCUT2D eigenvalue weighted by atomic mass is 35.5. The maximum absolute atomic E-state index is 12.5. The first kappa shape index (κ1) is 19.8. The number of halogens is 1. The molecule has 2 aromatic heterocycles. The monoisotopic (exact) mass is 420 g/mol. The second-order valence-electron chi connectivity index (χ2n) is 7.90. The van der Waals surface area contributed by atoms with Crippen LogP contribution >= 0.6 is 11.6 Å². The number of amides is 1. The predicted molar refractivity (Wildman–Crippen MR) is 118 cm³/mol. The van der Waals surface area contributed by atoms with Crippen molar-refractivity contribution in [2.24, 2.45) is 0 Å². The van der Waals surface area contributed by atoms with Crippen molar-refractivity contribution in [1.82, 2.24) is 25.2 Å². The summed E-state index contributed by atoms with van der Waals surface area (Å²) in [4.78, 5) is 21.1. The zero-order valence-electron chi connectivity index (χ0n) is 16.8. The van der Waals surface area contributed by atoms with E-state index in [0.29, 0.717) is 27.4 Å². The van der Waals surface area contributed by atoms with Gasteiger partial charge in [-0.1, -0.05) is 44.5 Å². The maximum Gasteiger partial charge on any atom is 0.269 e. The molecule has 0 aliphatic rings. The molecule has 4 aromatic rings. The third kappa shape index (κ3) is 3.97. The van der Waals surface area contributed by atoms with E-state index in [-0.39, 0.29) is 11.3 Å². The summed E-state index contributed by atoms with van der Waals surface area (Å²) in [7, 11) is 0. The number of rotatable bonds is 4. The summed E-state index contributed by atoms with van der Waals surface area (Å²) < 4.78 is 1.69. The van der Waals surface area contributed by atoms with E-state index in [1.54, 1.807) is 23.0 Å². The molecule has 0 aliphatic carbocycles. The second kappa shape index (κ2) is 7.76. The van der Waals surface area contributed by atoms with Crippen molar-refractivity contribution in [3.63, 3.8) is 0 Å². The predicted octanol–water partition coefficient (Wildman–Crippen LogP) is 4.52. The van der Waals surface area contributed by atoms with Crippen LogP contribution in [0.5, 0.6) is 0 Å². The van der Waals surface area contributed by atoms with E-state index in [1.807, 2.05) is 36.4 Å². The number of carbonyl (C=O) groups is 1. The van der Waals surface area contributed by atoms with Crippen LogP contribution in [0.25, 0.3) is 16.7 Å². The molecule has 1 amide bonds. The fourth-order valence-corrected chi connectivity index (χ4v) is 3.15. The van der Waals surface area contributed by atoms with Crippen LogP contribution in [0.15, 0.2) is 61.1 Å². The Morgan fingerprint density at radius 3 is 2.37 bits per heavy atom. The summed E-state index contributed by atoms with van der Waals surface area (Å²) in [5.41, 5.74) is 8.75. The van der Waals surface area contributed by atoms with Crippen molar-refractivity contribution in [3.8, 4) is 5.69 Å². The van der Waals surface area contributed by atoms with Crippen LogP contribution < -0.4 is 10.9 Å². The lowest BCUT2D eigenvalue weighted by molar-refractivity contribution is 0.0962. The topological polar surface area (TPSA) is 84.7 Å². The Morgan fingerprint density at radius 1 is 1.00 bits per heavy atom. The summed E-state index contributed by atoms with van der Waals surface area (Å²) >= 11 is 5.96. The molecule has 0 fully saturated rings. The lowest BCUT2D eigenvalue weighted by atomic mass is 9.87. The quantitative estimate of drug-likeness (QED) is 0.474. The molecule has 2 aromatic carbocycles. The summed E-state index contributed by atoms with van der Waals surface area (Å²) in [6.07, 6.45) is 3.07. The number of fused-ring (bicyclic) bond motifs is 1. The van der Waals surface area contributed by atoms with Gasteiger partial charge in [0.25, 0.3) is 5.91 Å². The van der Waals surface area contributed by atoms with E-state index < -0.39 is 0 Å². The SMILES string of the molecule is CC(C)(C)c1ccc(C(=O)NNc2ncnc3c2cnn3-c2ccc(Cl)cc2)cc1. The van der Waals surface area contributed by atoms with Crippen molar-refractivity contribution < 1.29 is 4.79 Å². The fraction of sp³-hybridized carbons (Fsp3) is 0.182. The molecule has 0 unspecified atom stereocenters. The highest BCUT2D eigenvalue weighted by Crippen LogP contribution is 2.23. The van der Waals surface area contributed by atoms with Gasteiger partial charge in [-0.3, -0.25) is 15.6 Å². The van der Waals surface area contributed by atoms with E-state index in [1.165, 1.54) is 11.9 Å². The number of hydrogen-bond donors (Lipinski definition) is 2.